The van der Waals surface area contributed by atoms with Gasteiger partial charge in [-0.2, -0.15) is 0 Å². The van der Waals surface area contributed by atoms with Crippen molar-refractivity contribution in [2.45, 2.75) is 12.7 Å². The van der Waals surface area contributed by atoms with Gasteiger partial charge in [-0.1, -0.05) is 0 Å². The molecule has 0 saturated carbocycles. The molecule has 1 aliphatic rings. The van der Waals surface area contributed by atoms with Crippen LogP contribution in [0.2, 0.25) is 0 Å². The molecule has 0 spiro atoms. The second-order valence-corrected chi connectivity index (χ2v) is 1.52. The fourth-order valence-corrected chi connectivity index (χ4v) is 0.537. The van der Waals surface area contributed by atoms with Crippen LogP contribution < -0.4 is 11.1 Å². The Balaban J connectivity index is 2.36. The maximum atomic E-state index is 5.33. The number of hydrogen-bond acceptors (Lipinski definition) is 3. The Bertz CT molecular complexity index is 79.0. The number of nitrogens with one attached hydrogen (secondary N) is 1. The van der Waals surface area contributed by atoms with Crippen molar-refractivity contribution in [3.63, 3.8) is 0 Å². The molecule has 0 radical (unpaired) electrons. The van der Waals surface area contributed by atoms with Gasteiger partial charge in [0.2, 0.25) is 0 Å². The van der Waals surface area contributed by atoms with E-state index in [0.29, 0.717) is 0 Å². The van der Waals surface area contributed by atoms with Crippen molar-refractivity contribution >= 4 is 6.21 Å². The molecule has 0 saturated heterocycles. The summed E-state index contributed by atoms with van der Waals surface area (Å²) >= 11 is 0. The van der Waals surface area contributed by atoms with Crippen LogP contribution in [0.5, 0.6) is 0 Å². The quantitative estimate of drug-likeness (QED) is 0.421. The molecule has 40 valence electrons. The Morgan fingerprint density at radius 2 is 2.71 bits per heavy atom. The third-order valence-electron chi connectivity index (χ3n) is 0.893. The highest BCUT2D eigenvalue weighted by molar-refractivity contribution is 5.58. The van der Waals surface area contributed by atoms with Crippen molar-refractivity contribution in [2.75, 3.05) is 6.54 Å². The monoisotopic (exact) mass is 99.1 g/mol. The van der Waals surface area contributed by atoms with Gasteiger partial charge in [0, 0.05) is 12.8 Å². The van der Waals surface area contributed by atoms with E-state index in [4.69, 9.17) is 5.73 Å². The van der Waals surface area contributed by atoms with Gasteiger partial charge in [0.15, 0.2) is 6.29 Å². The fraction of sp³-hybridized carbons (Fsp3) is 0.750. The smallest absolute Gasteiger partial charge is 0.150 e. The molecule has 0 amide bonds. The van der Waals surface area contributed by atoms with Crippen LogP contribution in [0.1, 0.15) is 6.42 Å². The Kier molecular flexibility index (Phi) is 1.38. The molecule has 1 unspecified atom stereocenters. The Morgan fingerprint density at radius 1 is 1.86 bits per heavy atom. The fourth-order valence-electron chi connectivity index (χ4n) is 0.537. The molecule has 1 atom stereocenters. The Hall–Kier alpha value is -0.410. The molecule has 3 nitrogen and oxygen atoms in total. The van der Waals surface area contributed by atoms with Crippen LogP contribution in [0.25, 0.3) is 0 Å². The van der Waals surface area contributed by atoms with Gasteiger partial charge in [-0.15, -0.1) is 0 Å². The van der Waals surface area contributed by atoms with Gasteiger partial charge in [0.1, 0.15) is 0 Å². The Labute approximate surface area is 42.6 Å². The maximum Gasteiger partial charge on any atom is 0.150 e. The van der Waals surface area contributed by atoms with E-state index >= 15 is 0 Å². The predicted molar refractivity (Wildman–Crippen MR) is 29.1 cm³/mol. The van der Waals surface area contributed by atoms with Crippen LogP contribution in [0.4, 0.5) is 0 Å². The highest BCUT2D eigenvalue weighted by Gasteiger charge is 1.97. The van der Waals surface area contributed by atoms with Crippen LogP contribution >= 0.6 is 0 Å². The van der Waals surface area contributed by atoms with Crippen molar-refractivity contribution in [1.29, 1.82) is 0 Å². The number of rotatable bonds is 0. The van der Waals surface area contributed by atoms with E-state index in [1.54, 1.807) is 0 Å². The van der Waals surface area contributed by atoms with Crippen LogP contribution in [-0.2, 0) is 0 Å². The zero-order valence-electron chi connectivity index (χ0n) is 4.09. The molecule has 0 aromatic rings. The van der Waals surface area contributed by atoms with Gasteiger partial charge >= 0.3 is 0 Å². The van der Waals surface area contributed by atoms with E-state index in [1.807, 2.05) is 6.21 Å². The first-order valence-electron chi connectivity index (χ1n) is 2.40. The first-order valence-corrected chi connectivity index (χ1v) is 2.40. The summed E-state index contributed by atoms with van der Waals surface area (Å²) in [5.41, 5.74) is 5.33. The van der Waals surface area contributed by atoms with Gasteiger partial charge in [-0.25, -0.2) is 0 Å². The van der Waals surface area contributed by atoms with Crippen molar-refractivity contribution < 1.29 is 0 Å². The third kappa shape index (κ3) is 1.25. The standard InChI is InChI=1S/C4H9N3/c5-4-6-2-1-3-7-4/h2,4,7H,1,3,5H2. The molecular weight excluding hydrogens is 90.1 g/mol. The maximum absolute atomic E-state index is 5.33. The SMILES string of the molecule is NC1N=CCCN1. The minimum Gasteiger partial charge on any atom is -0.297 e. The van der Waals surface area contributed by atoms with Crippen LogP contribution in [0, 0.1) is 0 Å². The third-order valence-corrected chi connectivity index (χ3v) is 0.893. The lowest BCUT2D eigenvalue weighted by atomic mass is 10.4. The minimum absolute atomic E-state index is 0.145. The molecule has 0 aliphatic carbocycles. The van der Waals surface area contributed by atoms with E-state index in [9.17, 15) is 0 Å². The minimum atomic E-state index is -0.145. The zero-order chi connectivity index (χ0) is 5.11. The van der Waals surface area contributed by atoms with E-state index in [-0.39, 0.29) is 6.29 Å². The zero-order valence-corrected chi connectivity index (χ0v) is 4.09. The molecule has 0 bridgehead atoms. The summed E-state index contributed by atoms with van der Waals surface area (Å²) in [6.07, 6.45) is 2.71. The van der Waals surface area contributed by atoms with Gasteiger partial charge in [-0.05, 0) is 6.42 Å². The normalized spacial score (nSPS) is 30.7. The number of hydrogen-bond donors (Lipinski definition) is 2. The summed E-state index contributed by atoms with van der Waals surface area (Å²) in [6.45, 7) is 0.963. The number of nitrogens with two attached hydrogens (primary N) is 1. The highest BCUT2D eigenvalue weighted by atomic mass is 15.2. The van der Waals surface area contributed by atoms with Crippen LogP contribution in [0.15, 0.2) is 4.99 Å². The first-order chi connectivity index (χ1) is 3.39. The van der Waals surface area contributed by atoms with Crippen LogP contribution in [0.3, 0.4) is 0 Å². The molecule has 1 rings (SSSR count). The average Bonchev–Trinajstić information content (AvgIpc) is 1.69. The molecule has 7 heavy (non-hydrogen) atoms. The molecule has 0 aromatic heterocycles. The molecular formula is C4H9N3. The average molecular weight is 99.1 g/mol. The molecule has 0 aromatic carbocycles. The van der Waals surface area contributed by atoms with E-state index in [0.717, 1.165) is 13.0 Å². The Morgan fingerprint density at radius 3 is 3.00 bits per heavy atom. The van der Waals surface area contributed by atoms with Gasteiger partial charge in [0.05, 0.1) is 0 Å². The summed E-state index contributed by atoms with van der Waals surface area (Å²) in [5.74, 6) is 0. The second-order valence-electron chi connectivity index (χ2n) is 1.52. The number of nitrogens with zero attached hydrogens (tertiary/aromatic N) is 1. The lowest BCUT2D eigenvalue weighted by Crippen LogP contribution is -2.38. The van der Waals surface area contributed by atoms with E-state index in [1.165, 1.54) is 0 Å². The summed E-state index contributed by atoms with van der Waals surface area (Å²) in [4.78, 5) is 3.87. The largest absolute Gasteiger partial charge is 0.297 e. The lowest BCUT2D eigenvalue weighted by molar-refractivity contribution is 0.541. The lowest BCUT2D eigenvalue weighted by Gasteiger charge is -2.11. The highest BCUT2D eigenvalue weighted by Crippen LogP contribution is 1.82. The second kappa shape index (κ2) is 2.04. The van der Waals surface area contributed by atoms with Crippen molar-refractivity contribution in [3.05, 3.63) is 0 Å². The molecule has 1 aliphatic heterocycles. The summed E-state index contributed by atoms with van der Waals surface area (Å²) < 4.78 is 0. The summed E-state index contributed by atoms with van der Waals surface area (Å²) in [7, 11) is 0. The molecule has 1 heterocycles. The number of aliphatic imine (C=N–C) groups is 1. The van der Waals surface area contributed by atoms with Gasteiger partial charge < -0.3 is 0 Å². The van der Waals surface area contributed by atoms with Gasteiger partial charge in [-0.3, -0.25) is 16.0 Å². The first kappa shape index (κ1) is 4.74. The predicted octanol–water partition coefficient (Wildman–Crippen LogP) is -0.707. The van der Waals surface area contributed by atoms with Gasteiger partial charge in [0.25, 0.3) is 0 Å². The van der Waals surface area contributed by atoms with Crippen molar-refractivity contribution in [3.8, 4) is 0 Å². The summed E-state index contributed by atoms with van der Waals surface area (Å²) in [6, 6.07) is 0. The van der Waals surface area contributed by atoms with E-state index < -0.39 is 0 Å². The molecule has 3 N–H and O–H groups in total. The van der Waals surface area contributed by atoms with Crippen LogP contribution in [-0.4, -0.2) is 19.0 Å². The topological polar surface area (TPSA) is 50.4 Å². The summed E-state index contributed by atoms with van der Waals surface area (Å²) in [5, 5.41) is 2.96. The molecule has 3 heteroatoms. The molecule has 0 fully saturated rings. The van der Waals surface area contributed by atoms with Crippen molar-refractivity contribution in [2.24, 2.45) is 10.7 Å². The van der Waals surface area contributed by atoms with E-state index in [2.05, 4.69) is 10.3 Å². The van der Waals surface area contributed by atoms with Crippen molar-refractivity contribution in [1.82, 2.24) is 5.32 Å².